The molecule has 0 spiro atoms. The molecule has 1 aliphatic carbocycles. The lowest BCUT2D eigenvalue weighted by Gasteiger charge is -2.31. The summed E-state index contributed by atoms with van der Waals surface area (Å²) < 4.78 is 27.0. The Bertz CT molecular complexity index is 965. The van der Waals surface area contributed by atoms with Crippen LogP contribution in [0.25, 0.3) is 0 Å². The van der Waals surface area contributed by atoms with E-state index >= 15 is 0 Å². The van der Waals surface area contributed by atoms with Gasteiger partial charge in [-0.3, -0.25) is 4.79 Å². The van der Waals surface area contributed by atoms with Crippen molar-refractivity contribution in [2.24, 2.45) is 5.92 Å². The minimum Gasteiger partial charge on any atom is -0.352 e. The Hall–Kier alpha value is -2.18. The topological polar surface area (TPSA) is 66.5 Å². The number of hydrogen-bond acceptors (Lipinski definition) is 3. The van der Waals surface area contributed by atoms with Crippen LogP contribution in [0.2, 0.25) is 0 Å². The smallest absolute Gasteiger partial charge is 0.251 e. The highest BCUT2D eigenvalue weighted by molar-refractivity contribution is 7.89. The molecule has 5 nitrogen and oxygen atoms in total. The molecule has 1 heterocycles. The van der Waals surface area contributed by atoms with Crippen LogP contribution in [0.1, 0.15) is 47.2 Å². The molecule has 154 valence electrons. The van der Waals surface area contributed by atoms with Crippen molar-refractivity contribution in [1.29, 1.82) is 0 Å². The van der Waals surface area contributed by atoms with Crippen molar-refractivity contribution in [2.75, 3.05) is 19.6 Å². The molecule has 0 aromatic heterocycles. The van der Waals surface area contributed by atoms with Gasteiger partial charge in [-0.05, 0) is 79.8 Å². The molecule has 1 amide bonds. The summed E-state index contributed by atoms with van der Waals surface area (Å²) in [5.74, 6) is 0.275. The monoisotopic (exact) mass is 412 g/mol. The van der Waals surface area contributed by atoms with Crippen LogP contribution < -0.4 is 5.32 Å². The van der Waals surface area contributed by atoms with Crippen LogP contribution in [-0.4, -0.2) is 38.3 Å². The molecule has 29 heavy (non-hydrogen) atoms. The van der Waals surface area contributed by atoms with Crippen LogP contribution in [0.5, 0.6) is 0 Å². The van der Waals surface area contributed by atoms with Gasteiger partial charge < -0.3 is 5.32 Å². The molecule has 1 aliphatic heterocycles. The third-order valence-electron chi connectivity index (χ3n) is 6.12. The van der Waals surface area contributed by atoms with Crippen LogP contribution in [0.4, 0.5) is 0 Å². The quantitative estimate of drug-likeness (QED) is 0.819. The Morgan fingerprint density at radius 3 is 2.38 bits per heavy atom. The molecule has 0 bridgehead atoms. The third kappa shape index (κ3) is 4.54. The van der Waals surface area contributed by atoms with E-state index in [1.54, 1.807) is 28.6 Å². The molecule has 0 radical (unpaired) electrons. The average Bonchev–Trinajstić information content (AvgIpc) is 2.78. The van der Waals surface area contributed by atoms with Crippen molar-refractivity contribution >= 4 is 15.9 Å². The SMILES string of the molecule is O=C(NCC1CCN(S(=O)(=O)c2ccccc2)CC1)c1ccc2c(c1)CCCC2. The molecule has 0 atom stereocenters. The van der Waals surface area contributed by atoms with Crippen molar-refractivity contribution < 1.29 is 13.2 Å². The first-order valence-electron chi connectivity index (χ1n) is 10.5. The van der Waals surface area contributed by atoms with Crippen molar-refractivity contribution in [3.63, 3.8) is 0 Å². The number of sulfonamides is 1. The zero-order chi connectivity index (χ0) is 20.3. The molecule has 1 saturated heterocycles. The molecule has 0 saturated carbocycles. The molecule has 2 aromatic carbocycles. The first-order valence-corrected chi connectivity index (χ1v) is 11.9. The second-order valence-electron chi connectivity index (χ2n) is 8.06. The Morgan fingerprint density at radius 1 is 0.966 bits per heavy atom. The second-order valence-corrected chi connectivity index (χ2v) is 10.00. The predicted molar refractivity (Wildman–Crippen MR) is 113 cm³/mol. The normalized spacial score (nSPS) is 18.2. The summed E-state index contributed by atoms with van der Waals surface area (Å²) in [5, 5.41) is 3.05. The highest BCUT2D eigenvalue weighted by Gasteiger charge is 2.29. The van der Waals surface area contributed by atoms with Crippen LogP contribution >= 0.6 is 0 Å². The Kier molecular flexibility index (Phi) is 6.01. The number of carbonyl (C=O) groups excluding carboxylic acids is 1. The van der Waals surface area contributed by atoms with Gasteiger partial charge in [-0.15, -0.1) is 0 Å². The Balaban J connectivity index is 1.29. The third-order valence-corrected chi connectivity index (χ3v) is 8.03. The van der Waals surface area contributed by atoms with E-state index < -0.39 is 10.0 Å². The van der Waals surface area contributed by atoms with Gasteiger partial charge in [0.2, 0.25) is 10.0 Å². The molecule has 1 fully saturated rings. The van der Waals surface area contributed by atoms with Crippen molar-refractivity contribution in [2.45, 2.75) is 43.4 Å². The fourth-order valence-electron chi connectivity index (χ4n) is 4.31. The number of amides is 1. The van der Waals surface area contributed by atoms with Crippen molar-refractivity contribution in [1.82, 2.24) is 9.62 Å². The van der Waals surface area contributed by atoms with Gasteiger partial charge in [0.25, 0.3) is 5.91 Å². The zero-order valence-corrected chi connectivity index (χ0v) is 17.5. The van der Waals surface area contributed by atoms with E-state index in [1.165, 1.54) is 24.0 Å². The lowest BCUT2D eigenvalue weighted by molar-refractivity contribution is 0.0941. The number of carbonyl (C=O) groups is 1. The molecule has 1 N–H and O–H groups in total. The fourth-order valence-corrected chi connectivity index (χ4v) is 5.80. The number of nitrogens with one attached hydrogen (secondary N) is 1. The summed E-state index contributed by atoms with van der Waals surface area (Å²) in [7, 11) is -3.42. The minimum absolute atomic E-state index is 0.0299. The fraction of sp³-hybridized carbons (Fsp3) is 0.435. The summed E-state index contributed by atoms with van der Waals surface area (Å²) in [5.41, 5.74) is 3.41. The maximum absolute atomic E-state index is 12.7. The van der Waals surface area contributed by atoms with Crippen LogP contribution in [0.15, 0.2) is 53.4 Å². The predicted octanol–water partition coefficient (Wildman–Crippen LogP) is 3.40. The van der Waals surface area contributed by atoms with E-state index in [4.69, 9.17) is 0 Å². The number of piperidine rings is 1. The van der Waals surface area contributed by atoms with Gasteiger partial charge in [0.05, 0.1) is 4.90 Å². The summed E-state index contributed by atoms with van der Waals surface area (Å²) >= 11 is 0. The average molecular weight is 413 g/mol. The number of benzene rings is 2. The number of aryl methyl sites for hydroxylation is 2. The summed E-state index contributed by atoms with van der Waals surface area (Å²) in [4.78, 5) is 12.9. The number of rotatable bonds is 5. The van der Waals surface area contributed by atoms with E-state index in [-0.39, 0.29) is 5.91 Å². The first kappa shape index (κ1) is 20.1. The largest absolute Gasteiger partial charge is 0.352 e. The van der Waals surface area contributed by atoms with Gasteiger partial charge in [0.15, 0.2) is 0 Å². The van der Waals surface area contributed by atoms with Gasteiger partial charge in [-0.25, -0.2) is 8.42 Å². The van der Waals surface area contributed by atoms with Crippen molar-refractivity contribution in [3.8, 4) is 0 Å². The lowest BCUT2D eigenvalue weighted by Crippen LogP contribution is -2.41. The lowest BCUT2D eigenvalue weighted by atomic mass is 9.90. The minimum atomic E-state index is -3.42. The van der Waals surface area contributed by atoms with Crippen LogP contribution in [0, 0.1) is 5.92 Å². The molecule has 0 unspecified atom stereocenters. The van der Waals surface area contributed by atoms with E-state index in [0.29, 0.717) is 30.4 Å². The molecular weight excluding hydrogens is 384 g/mol. The van der Waals surface area contributed by atoms with E-state index in [9.17, 15) is 13.2 Å². The van der Waals surface area contributed by atoms with Gasteiger partial charge in [-0.2, -0.15) is 4.31 Å². The standard InChI is InChI=1S/C23H28N2O3S/c26-23(21-11-10-19-6-4-5-7-20(19)16-21)24-17-18-12-14-25(15-13-18)29(27,28)22-8-2-1-3-9-22/h1-3,8-11,16,18H,4-7,12-15,17H2,(H,24,26). The van der Waals surface area contributed by atoms with Gasteiger partial charge in [0.1, 0.15) is 0 Å². The number of nitrogens with zero attached hydrogens (tertiary/aromatic N) is 1. The van der Waals surface area contributed by atoms with Crippen LogP contribution in [-0.2, 0) is 22.9 Å². The van der Waals surface area contributed by atoms with E-state index in [2.05, 4.69) is 11.4 Å². The van der Waals surface area contributed by atoms with Crippen LogP contribution in [0.3, 0.4) is 0 Å². The summed E-state index contributed by atoms with van der Waals surface area (Å²) in [6.45, 7) is 1.59. The summed E-state index contributed by atoms with van der Waals surface area (Å²) in [6.07, 6.45) is 6.12. The molecular formula is C23H28N2O3S. The van der Waals surface area contributed by atoms with Gasteiger partial charge in [0, 0.05) is 25.2 Å². The Morgan fingerprint density at radius 2 is 1.66 bits per heavy atom. The maximum Gasteiger partial charge on any atom is 0.251 e. The van der Waals surface area contributed by atoms with E-state index in [1.807, 2.05) is 18.2 Å². The van der Waals surface area contributed by atoms with Gasteiger partial charge >= 0.3 is 0 Å². The Labute approximate surface area is 173 Å². The highest BCUT2D eigenvalue weighted by Crippen LogP contribution is 2.24. The number of fused-ring (bicyclic) bond motifs is 1. The molecule has 6 heteroatoms. The molecule has 2 aliphatic rings. The number of hydrogen-bond donors (Lipinski definition) is 1. The highest BCUT2D eigenvalue weighted by atomic mass is 32.2. The summed E-state index contributed by atoms with van der Waals surface area (Å²) in [6, 6.07) is 14.6. The van der Waals surface area contributed by atoms with Gasteiger partial charge in [-0.1, -0.05) is 24.3 Å². The second kappa shape index (κ2) is 8.67. The first-order chi connectivity index (χ1) is 14.0. The van der Waals surface area contributed by atoms with E-state index in [0.717, 1.165) is 31.2 Å². The maximum atomic E-state index is 12.7. The molecule has 2 aromatic rings. The molecule has 4 rings (SSSR count). The zero-order valence-electron chi connectivity index (χ0n) is 16.6. The van der Waals surface area contributed by atoms with Crippen molar-refractivity contribution in [3.05, 3.63) is 65.2 Å².